The van der Waals surface area contributed by atoms with Crippen molar-refractivity contribution in [3.63, 3.8) is 0 Å². The Morgan fingerprint density at radius 3 is 1.45 bits per heavy atom. The number of hydrogen-bond acceptors (Lipinski definition) is 8. The van der Waals surface area contributed by atoms with Crippen LogP contribution in [0.2, 0.25) is 0 Å². The maximum absolute atomic E-state index is 9.93. The van der Waals surface area contributed by atoms with Crippen molar-refractivity contribution in [2.75, 3.05) is 14.2 Å². The van der Waals surface area contributed by atoms with Gasteiger partial charge in [-0.05, 0) is 73.5 Å². The molecule has 0 saturated heterocycles. The first-order chi connectivity index (χ1) is 18.4. The Morgan fingerprint density at radius 1 is 0.605 bits per heavy atom. The van der Waals surface area contributed by atoms with Crippen LogP contribution < -0.4 is 9.47 Å². The zero-order valence-corrected chi connectivity index (χ0v) is 23.0. The molecule has 0 aliphatic rings. The average molecular weight is 543 g/mol. The lowest BCUT2D eigenvalue weighted by atomic mass is 10.1. The molecule has 0 atom stereocenters. The number of nitrogens with zero attached hydrogens (tertiary/aromatic N) is 2. The second-order valence-corrected chi connectivity index (χ2v) is 10.7. The molecule has 0 spiro atoms. The molecule has 0 fully saturated rings. The van der Waals surface area contributed by atoms with E-state index in [1.54, 1.807) is 34.8 Å². The summed E-state index contributed by atoms with van der Waals surface area (Å²) in [5, 5.41) is 21.6. The van der Waals surface area contributed by atoms with Gasteiger partial charge in [0.1, 0.15) is 15.8 Å². The lowest BCUT2D eigenvalue weighted by molar-refractivity contribution is 0.340. The topological polar surface area (TPSA) is 84.7 Å². The molecule has 2 N–H and O–H groups in total. The van der Waals surface area contributed by atoms with Gasteiger partial charge in [0.15, 0.2) is 11.5 Å². The van der Waals surface area contributed by atoms with Crippen LogP contribution in [0.4, 0.5) is 0 Å². The smallest absolute Gasteiger partial charge is 0.200 e. The van der Waals surface area contributed by atoms with Crippen LogP contribution in [0.5, 0.6) is 23.0 Å². The lowest BCUT2D eigenvalue weighted by Crippen LogP contribution is -1.90. The maximum Gasteiger partial charge on any atom is 0.200 e. The number of aromatic hydroxyl groups is 2. The van der Waals surface area contributed by atoms with Gasteiger partial charge < -0.3 is 19.7 Å². The molecular weight excluding hydrogens is 516 g/mol. The van der Waals surface area contributed by atoms with Crippen molar-refractivity contribution < 1.29 is 19.7 Å². The Labute approximate surface area is 228 Å². The van der Waals surface area contributed by atoms with Gasteiger partial charge >= 0.3 is 0 Å². The minimum Gasteiger partial charge on any atom is -0.507 e. The third kappa shape index (κ3) is 5.01. The van der Waals surface area contributed by atoms with Crippen molar-refractivity contribution in [1.29, 1.82) is 0 Å². The molecule has 0 aliphatic heterocycles. The molecule has 0 aliphatic carbocycles. The summed E-state index contributed by atoms with van der Waals surface area (Å²) in [7, 11) is 3.02. The number of phenolic OH excluding ortho intramolecular Hbond substituents is 2. The predicted octanol–water partition coefficient (Wildman–Crippen LogP) is 7.97. The number of aryl methyl sites for hydroxylation is 2. The van der Waals surface area contributed by atoms with Gasteiger partial charge in [0.2, 0.25) is 5.75 Å². The van der Waals surface area contributed by atoms with Crippen molar-refractivity contribution in [3.05, 3.63) is 83.9 Å². The number of phenols is 2. The minimum absolute atomic E-state index is 0.000129. The van der Waals surface area contributed by atoms with E-state index in [0.29, 0.717) is 17.2 Å². The van der Waals surface area contributed by atoms with Crippen LogP contribution in [-0.4, -0.2) is 34.4 Å². The molecule has 8 heteroatoms. The number of rotatable bonds is 4. The number of benzene rings is 4. The van der Waals surface area contributed by atoms with Crippen LogP contribution in [-0.2, 0) is 0 Å². The minimum atomic E-state index is -0.000129. The fraction of sp³-hybridized carbons (Fsp3) is 0.133. The molecule has 6 aromatic rings. The summed E-state index contributed by atoms with van der Waals surface area (Å²) >= 11 is 3.27. The van der Waals surface area contributed by atoms with Gasteiger partial charge in [-0.1, -0.05) is 24.3 Å². The van der Waals surface area contributed by atoms with Crippen LogP contribution in [0, 0.1) is 13.8 Å². The van der Waals surface area contributed by atoms with E-state index < -0.39 is 0 Å². The van der Waals surface area contributed by atoms with Crippen molar-refractivity contribution in [1.82, 2.24) is 9.97 Å². The number of fused-ring (bicyclic) bond motifs is 2. The van der Waals surface area contributed by atoms with Gasteiger partial charge in [-0.25, -0.2) is 9.97 Å². The largest absolute Gasteiger partial charge is 0.507 e. The van der Waals surface area contributed by atoms with E-state index in [1.165, 1.54) is 18.9 Å². The van der Waals surface area contributed by atoms with Gasteiger partial charge in [-0.2, -0.15) is 0 Å². The Hall–Kier alpha value is -4.14. The highest BCUT2D eigenvalue weighted by Gasteiger charge is 2.15. The Kier molecular flexibility index (Phi) is 7.18. The second kappa shape index (κ2) is 10.7. The number of ether oxygens (including phenoxy) is 2. The van der Waals surface area contributed by atoms with Gasteiger partial charge in [0.05, 0.1) is 34.7 Å². The Bertz CT molecular complexity index is 1640. The van der Waals surface area contributed by atoms with Crippen LogP contribution in [0.1, 0.15) is 11.1 Å². The van der Waals surface area contributed by atoms with E-state index in [4.69, 9.17) is 9.47 Å². The van der Waals surface area contributed by atoms with Gasteiger partial charge in [-0.15, -0.1) is 22.7 Å². The molecular formula is C30H26N2O4S2. The molecule has 0 unspecified atom stereocenters. The molecule has 2 heterocycles. The van der Waals surface area contributed by atoms with Crippen LogP contribution in [0.25, 0.3) is 41.6 Å². The summed E-state index contributed by atoms with van der Waals surface area (Å²) < 4.78 is 12.7. The molecule has 6 rings (SSSR count). The fourth-order valence-corrected chi connectivity index (χ4v) is 5.99. The molecule has 0 saturated carbocycles. The standard InChI is InChI=1S/C15H13NO3S.C15H13NOS/c1-18-11-7-9(8-12(19-2)14(11)17)15-16-10-5-3-4-6-13(10)20-15;1-9-7-11(8-10(2)14(9)17)15-16-12-5-3-4-6-13(12)18-15/h3-8,17H,1-2H3;3-8,17H,1-2H3. The SMILES string of the molecule is COc1cc(-c2nc3ccccc3s2)cc(OC)c1O.Cc1cc(-c2nc3ccccc3s2)cc(C)c1O. The highest BCUT2D eigenvalue weighted by Crippen LogP contribution is 2.42. The molecule has 0 bridgehead atoms. The summed E-state index contributed by atoms with van der Waals surface area (Å²) in [4.78, 5) is 9.22. The third-order valence-corrected chi connectivity index (χ3v) is 8.22. The van der Waals surface area contributed by atoms with E-state index >= 15 is 0 Å². The first-order valence-electron chi connectivity index (χ1n) is 11.8. The monoisotopic (exact) mass is 542 g/mol. The number of methoxy groups -OCH3 is 2. The predicted molar refractivity (Wildman–Crippen MR) is 156 cm³/mol. The number of hydrogen-bond donors (Lipinski definition) is 2. The van der Waals surface area contributed by atoms with Gasteiger partial charge in [0.25, 0.3) is 0 Å². The molecule has 6 nitrogen and oxygen atoms in total. The quantitative estimate of drug-likeness (QED) is 0.235. The van der Waals surface area contributed by atoms with E-state index in [2.05, 4.69) is 16.0 Å². The molecule has 0 amide bonds. The molecule has 4 aromatic carbocycles. The van der Waals surface area contributed by atoms with Crippen molar-refractivity contribution >= 4 is 43.1 Å². The Balaban J connectivity index is 0.000000156. The third-order valence-electron chi connectivity index (χ3n) is 6.05. The number of thiazole rings is 2. The van der Waals surface area contributed by atoms with E-state index in [9.17, 15) is 10.2 Å². The summed E-state index contributed by atoms with van der Waals surface area (Å²) in [5.41, 5.74) is 5.70. The molecule has 2 aromatic heterocycles. The second-order valence-electron chi connectivity index (χ2n) is 8.66. The summed E-state index contributed by atoms with van der Waals surface area (Å²) in [6, 6.07) is 23.6. The van der Waals surface area contributed by atoms with E-state index in [0.717, 1.165) is 48.0 Å². The highest BCUT2D eigenvalue weighted by molar-refractivity contribution is 7.22. The maximum atomic E-state index is 9.93. The van der Waals surface area contributed by atoms with Crippen molar-refractivity contribution in [3.8, 4) is 44.1 Å². The number of para-hydroxylation sites is 2. The summed E-state index contributed by atoms with van der Waals surface area (Å²) in [6.45, 7) is 3.83. The average Bonchev–Trinajstić information content (AvgIpc) is 3.56. The van der Waals surface area contributed by atoms with Gasteiger partial charge in [-0.3, -0.25) is 0 Å². The molecule has 38 heavy (non-hydrogen) atoms. The van der Waals surface area contributed by atoms with Crippen molar-refractivity contribution in [2.45, 2.75) is 13.8 Å². The summed E-state index contributed by atoms with van der Waals surface area (Å²) in [6.07, 6.45) is 0. The van der Waals surface area contributed by atoms with Crippen LogP contribution in [0.15, 0.2) is 72.8 Å². The zero-order valence-electron chi connectivity index (χ0n) is 21.4. The fourth-order valence-electron chi connectivity index (χ4n) is 4.09. The molecule has 192 valence electrons. The van der Waals surface area contributed by atoms with Crippen LogP contribution >= 0.6 is 22.7 Å². The molecule has 0 radical (unpaired) electrons. The Morgan fingerprint density at radius 2 is 1.03 bits per heavy atom. The van der Waals surface area contributed by atoms with Gasteiger partial charge in [0, 0.05) is 11.1 Å². The normalized spacial score (nSPS) is 10.8. The van der Waals surface area contributed by atoms with Crippen molar-refractivity contribution in [2.24, 2.45) is 0 Å². The van der Waals surface area contributed by atoms with E-state index in [1.807, 2.05) is 68.4 Å². The first-order valence-corrected chi connectivity index (χ1v) is 13.5. The zero-order chi connectivity index (χ0) is 26.8. The lowest BCUT2D eigenvalue weighted by Gasteiger charge is -2.09. The summed E-state index contributed by atoms with van der Waals surface area (Å²) in [5.74, 6) is 1.12. The number of aromatic nitrogens is 2. The highest BCUT2D eigenvalue weighted by atomic mass is 32.1. The van der Waals surface area contributed by atoms with Crippen LogP contribution in [0.3, 0.4) is 0 Å². The van der Waals surface area contributed by atoms with E-state index in [-0.39, 0.29) is 5.75 Å². The first kappa shape index (κ1) is 25.5.